The van der Waals surface area contributed by atoms with Crippen LogP contribution in [0.2, 0.25) is 0 Å². The van der Waals surface area contributed by atoms with Gasteiger partial charge < -0.3 is 9.52 Å². The molecule has 0 amide bonds. The molecule has 0 spiro atoms. The highest BCUT2D eigenvalue weighted by molar-refractivity contribution is 9.10. The second-order valence-electron chi connectivity index (χ2n) is 2.14. The van der Waals surface area contributed by atoms with E-state index in [0.717, 1.165) is 0 Å². The number of carbonyl (C=O) groups excluding carboxylic acids is 1. The van der Waals surface area contributed by atoms with Crippen molar-refractivity contribution in [1.82, 2.24) is 0 Å². The zero-order valence-electron chi connectivity index (χ0n) is 5.91. The Morgan fingerprint density at radius 2 is 2.25 bits per heavy atom. The second-order valence-corrected chi connectivity index (χ2v) is 3.05. The Balaban J connectivity index is 2.64. The minimum absolute atomic E-state index is 0.207. The quantitative estimate of drug-likeness (QED) is 0.797. The molecular formula is C7H5BrO4. The lowest BCUT2D eigenvalue weighted by Gasteiger charge is -1.89. The number of furan rings is 1. The minimum atomic E-state index is -1.44. The molecule has 1 aromatic rings. The van der Waals surface area contributed by atoms with Crippen molar-refractivity contribution in [2.75, 3.05) is 0 Å². The summed E-state index contributed by atoms with van der Waals surface area (Å²) in [5.41, 5.74) is 0. The van der Waals surface area contributed by atoms with Crippen molar-refractivity contribution in [3.05, 3.63) is 22.6 Å². The maximum absolute atomic E-state index is 10.6. The Kier molecular flexibility index (Phi) is 2.65. The van der Waals surface area contributed by atoms with E-state index in [-0.39, 0.29) is 6.42 Å². The normalized spacial score (nSPS) is 9.75. The molecule has 64 valence electrons. The minimum Gasteiger partial charge on any atom is -0.475 e. The van der Waals surface area contributed by atoms with Crippen LogP contribution in [-0.2, 0) is 16.0 Å². The van der Waals surface area contributed by atoms with Gasteiger partial charge in [-0.05, 0) is 22.0 Å². The molecule has 0 aliphatic carbocycles. The molecule has 1 rings (SSSR count). The van der Waals surface area contributed by atoms with Crippen LogP contribution in [0.4, 0.5) is 0 Å². The summed E-state index contributed by atoms with van der Waals surface area (Å²) in [5, 5.41) is 8.25. The number of ketones is 1. The number of hydrogen-bond donors (Lipinski definition) is 1. The van der Waals surface area contributed by atoms with Crippen LogP contribution in [0.3, 0.4) is 0 Å². The highest BCUT2D eigenvalue weighted by Crippen LogP contribution is 2.14. The van der Waals surface area contributed by atoms with Crippen LogP contribution >= 0.6 is 15.9 Å². The second kappa shape index (κ2) is 3.53. The molecule has 0 aliphatic rings. The fraction of sp³-hybridized carbons (Fsp3) is 0.143. The SMILES string of the molecule is O=C(O)C(=O)Cc1cc(Br)co1. The first-order valence-electron chi connectivity index (χ1n) is 3.08. The summed E-state index contributed by atoms with van der Waals surface area (Å²) in [7, 11) is 0. The Morgan fingerprint density at radius 1 is 1.58 bits per heavy atom. The number of Topliss-reactive ketones (excluding diaryl/α,β-unsaturated/α-hetero) is 1. The lowest BCUT2D eigenvalue weighted by Crippen LogP contribution is -2.14. The molecule has 5 heteroatoms. The molecule has 0 radical (unpaired) electrons. The van der Waals surface area contributed by atoms with E-state index < -0.39 is 11.8 Å². The molecule has 1 aromatic heterocycles. The van der Waals surface area contributed by atoms with Crippen molar-refractivity contribution in [2.45, 2.75) is 6.42 Å². The summed E-state index contributed by atoms with van der Waals surface area (Å²) in [6, 6.07) is 1.56. The summed E-state index contributed by atoms with van der Waals surface area (Å²) in [5.74, 6) is -1.98. The van der Waals surface area contributed by atoms with Crippen molar-refractivity contribution >= 4 is 27.7 Å². The molecule has 0 atom stereocenters. The fourth-order valence-electron chi connectivity index (χ4n) is 0.680. The van der Waals surface area contributed by atoms with Gasteiger partial charge in [-0.1, -0.05) is 0 Å². The van der Waals surface area contributed by atoms with Crippen molar-refractivity contribution in [1.29, 1.82) is 0 Å². The number of carboxylic acid groups (broad SMARTS) is 1. The van der Waals surface area contributed by atoms with Gasteiger partial charge in [0.15, 0.2) is 0 Å². The van der Waals surface area contributed by atoms with Gasteiger partial charge in [0.2, 0.25) is 5.78 Å². The summed E-state index contributed by atoms with van der Waals surface area (Å²) in [4.78, 5) is 20.8. The number of hydrogen-bond acceptors (Lipinski definition) is 3. The van der Waals surface area contributed by atoms with Gasteiger partial charge in [0, 0.05) is 0 Å². The van der Waals surface area contributed by atoms with E-state index in [1.165, 1.54) is 6.26 Å². The van der Waals surface area contributed by atoms with E-state index in [9.17, 15) is 9.59 Å². The topological polar surface area (TPSA) is 67.5 Å². The number of carbonyl (C=O) groups is 2. The van der Waals surface area contributed by atoms with Crippen LogP contribution < -0.4 is 0 Å². The first kappa shape index (κ1) is 8.99. The van der Waals surface area contributed by atoms with E-state index in [1.54, 1.807) is 6.07 Å². The summed E-state index contributed by atoms with van der Waals surface area (Å²) >= 11 is 3.11. The van der Waals surface area contributed by atoms with Crippen molar-refractivity contribution in [3.63, 3.8) is 0 Å². The van der Waals surface area contributed by atoms with Gasteiger partial charge in [-0.25, -0.2) is 4.79 Å². The largest absolute Gasteiger partial charge is 0.475 e. The molecule has 0 aromatic carbocycles. The van der Waals surface area contributed by atoms with E-state index in [2.05, 4.69) is 15.9 Å². The molecule has 1 N–H and O–H groups in total. The zero-order chi connectivity index (χ0) is 9.14. The molecular weight excluding hydrogens is 228 g/mol. The van der Waals surface area contributed by atoms with Gasteiger partial charge in [0.25, 0.3) is 0 Å². The van der Waals surface area contributed by atoms with Crippen molar-refractivity contribution in [2.24, 2.45) is 0 Å². The van der Waals surface area contributed by atoms with E-state index in [4.69, 9.17) is 9.52 Å². The molecule has 0 bridgehead atoms. The number of aliphatic carboxylic acids is 1. The number of rotatable bonds is 3. The summed E-state index contributed by atoms with van der Waals surface area (Å²) in [6.45, 7) is 0. The highest BCUT2D eigenvalue weighted by Gasteiger charge is 2.14. The fourth-order valence-corrected chi connectivity index (χ4v) is 1.03. The van der Waals surface area contributed by atoms with Crippen LogP contribution in [0, 0.1) is 0 Å². The van der Waals surface area contributed by atoms with E-state index in [0.29, 0.717) is 10.2 Å². The number of carboxylic acids is 1. The van der Waals surface area contributed by atoms with Crippen LogP contribution in [0.15, 0.2) is 21.2 Å². The summed E-state index contributed by atoms with van der Waals surface area (Å²) < 4.78 is 5.54. The van der Waals surface area contributed by atoms with Crippen LogP contribution in [0.5, 0.6) is 0 Å². The van der Waals surface area contributed by atoms with Crippen molar-refractivity contribution in [3.8, 4) is 0 Å². The number of halogens is 1. The predicted molar refractivity (Wildman–Crippen MR) is 42.8 cm³/mol. The highest BCUT2D eigenvalue weighted by atomic mass is 79.9. The maximum atomic E-state index is 10.6. The van der Waals surface area contributed by atoms with Crippen LogP contribution in [0.25, 0.3) is 0 Å². The Morgan fingerprint density at radius 3 is 2.67 bits per heavy atom. The van der Waals surface area contributed by atoms with Gasteiger partial charge in [-0.15, -0.1) is 0 Å². The molecule has 1 heterocycles. The first-order chi connectivity index (χ1) is 5.59. The summed E-state index contributed by atoms with van der Waals surface area (Å²) in [6.07, 6.45) is 1.19. The van der Waals surface area contributed by atoms with E-state index in [1.807, 2.05) is 0 Å². The lowest BCUT2D eigenvalue weighted by atomic mass is 10.2. The third kappa shape index (κ3) is 2.20. The van der Waals surface area contributed by atoms with Gasteiger partial charge in [0.1, 0.15) is 12.0 Å². The first-order valence-corrected chi connectivity index (χ1v) is 3.88. The van der Waals surface area contributed by atoms with Crippen LogP contribution in [-0.4, -0.2) is 16.9 Å². The van der Waals surface area contributed by atoms with Crippen LogP contribution in [0.1, 0.15) is 5.76 Å². The van der Waals surface area contributed by atoms with E-state index >= 15 is 0 Å². The standard InChI is InChI=1S/C7H5BrO4/c8-4-1-5(12-3-4)2-6(9)7(10)11/h1,3H,2H2,(H,10,11). The van der Waals surface area contributed by atoms with Gasteiger partial charge in [-0.3, -0.25) is 4.79 Å². The molecule has 0 aliphatic heterocycles. The molecule has 0 unspecified atom stereocenters. The maximum Gasteiger partial charge on any atom is 0.372 e. The lowest BCUT2D eigenvalue weighted by molar-refractivity contribution is -0.148. The predicted octanol–water partition coefficient (Wildman–Crippen LogP) is 1.24. The Bertz CT molecular complexity index is 315. The smallest absolute Gasteiger partial charge is 0.372 e. The van der Waals surface area contributed by atoms with Gasteiger partial charge in [0.05, 0.1) is 10.9 Å². The average molecular weight is 233 g/mol. The molecule has 12 heavy (non-hydrogen) atoms. The third-order valence-electron chi connectivity index (χ3n) is 1.20. The molecule has 0 saturated heterocycles. The van der Waals surface area contributed by atoms with Crippen molar-refractivity contribution < 1.29 is 19.1 Å². The Hall–Kier alpha value is -1.10. The Labute approximate surface area is 76.3 Å². The van der Waals surface area contributed by atoms with Gasteiger partial charge in [-0.2, -0.15) is 0 Å². The zero-order valence-corrected chi connectivity index (χ0v) is 7.50. The molecule has 0 saturated carbocycles. The monoisotopic (exact) mass is 232 g/mol. The average Bonchev–Trinajstić information content (AvgIpc) is 2.35. The molecule has 0 fully saturated rings. The van der Waals surface area contributed by atoms with Gasteiger partial charge >= 0.3 is 5.97 Å². The third-order valence-corrected chi connectivity index (χ3v) is 1.61. The molecule has 4 nitrogen and oxygen atoms in total.